The van der Waals surface area contributed by atoms with E-state index in [2.05, 4.69) is 5.32 Å². The van der Waals surface area contributed by atoms with Crippen molar-refractivity contribution >= 4 is 23.5 Å². The number of ether oxygens (including phenoxy) is 4. The summed E-state index contributed by atoms with van der Waals surface area (Å²) in [5.74, 6) is -0.287. The van der Waals surface area contributed by atoms with Crippen LogP contribution in [0.4, 0.5) is 0 Å². The highest BCUT2D eigenvalue weighted by Crippen LogP contribution is 2.38. The van der Waals surface area contributed by atoms with E-state index >= 15 is 0 Å². The number of amides is 1. The summed E-state index contributed by atoms with van der Waals surface area (Å²) < 4.78 is 20.7. The number of rotatable bonds is 6. The van der Waals surface area contributed by atoms with Crippen LogP contribution in [0, 0.1) is 0 Å². The highest BCUT2D eigenvalue weighted by Gasteiger charge is 2.23. The first-order chi connectivity index (χ1) is 11.0. The summed E-state index contributed by atoms with van der Waals surface area (Å²) in [6, 6.07) is 2.91. The molecule has 1 atom stereocenters. The maximum atomic E-state index is 12.1. The number of hydrogen-bond donors (Lipinski definition) is 1. The summed E-state index contributed by atoms with van der Waals surface area (Å²) in [5.41, 5.74) is 0.191. The molecule has 0 spiro atoms. The summed E-state index contributed by atoms with van der Waals surface area (Å²) in [7, 11) is 1.53. The molecular weight excluding hydrogens is 326 g/mol. The molecule has 0 radical (unpaired) electrons. The van der Waals surface area contributed by atoms with Crippen molar-refractivity contribution in [1.82, 2.24) is 5.32 Å². The first-order valence-electron chi connectivity index (χ1n) is 7.09. The van der Waals surface area contributed by atoms with Crippen LogP contribution in [0.2, 0.25) is 5.02 Å². The molecule has 0 aliphatic carbocycles. The van der Waals surface area contributed by atoms with Crippen LogP contribution in [-0.4, -0.2) is 51.5 Å². The Morgan fingerprint density at radius 2 is 2.09 bits per heavy atom. The highest BCUT2D eigenvalue weighted by atomic mass is 35.5. The fourth-order valence-electron chi connectivity index (χ4n) is 1.93. The first-order valence-corrected chi connectivity index (χ1v) is 7.47. The zero-order valence-corrected chi connectivity index (χ0v) is 13.6. The Kier molecular flexibility index (Phi) is 6.06. The van der Waals surface area contributed by atoms with Crippen molar-refractivity contribution in [2.24, 2.45) is 0 Å². The van der Waals surface area contributed by atoms with Gasteiger partial charge < -0.3 is 24.3 Å². The van der Waals surface area contributed by atoms with Gasteiger partial charge in [-0.1, -0.05) is 11.6 Å². The van der Waals surface area contributed by atoms with Gasteiger partial charge in [-0.3, -0.25) is 4.79 Å². The number of methoxy groups -OCH3 is 1. The molecule has 0 bridgehead atoms. The summed E-state index contributed by atoms with van der Waals surface area (Å²) in [4.78, 5) is 23.9. The van der Waals surface area contributed by atoms with Crippen molar-refractivity contribution in [2.45, 2.75) is 13.0 Å². The van der Waals surface area contributed by atoms with Crippen LogP contribution in [0.15, 0.2) is 12.1 Å². The molecule has 2 rings (SSSR count). The number of halogens is 1. The van der Waals surface area contributed by atoms with Crippen molar-refractivity contribution in [2.75, 3.05) is 33.5 Å². The molecule has 0 saturated heterocycles. The number of benzene rings is 1. The van der Waals surface area contributed by atoms with Gasteiger partial charge in [0.2, 0.25) is 0 Å². The molecular formula is C15H18ClNO6. The van der Waals surface area contributed by atoms with E-state index in [1.165, 1.54) is 26.2 Å². The van der Waals surface area contributed by atoms with Gasteiger partial charge in [0.25, 0.3) is 5.91 Å². The van der Waals surface area contributed by atoms with Gasteiger partial charge in [-0.15, -0.1) is 0 Å². The molecule has 1 amide bonds. The predicted octanol–water partition coefficient (Wildman–Crippen LogP) is 1.42. The van der Waals surface area contributed by atoms with E-state index in [0.717, 1.165) is 0 Å². The molecule has 1 heterocycles. The molecule has 1 aliphatic heterocycles. The highest BCUT2D eigenvalue weighted by molar-refractivity contribution is 6.32. The second kappa shape index (κ2) is 8.03. The Balaban J connectivity index is 2.00. The minimum absolute atomic E-state index is 0.191. The van der Waals surface area contributed by atoms with E-state index in [1.54, 1.807) is 0 Å². The van der Waals surface area contributed by atoms with Gasteiger partial charge in [0.15, 0.2) is 17.6 Å². The van der Waals surface area contributed by atoms with Crippen LogP contribution in [0.3, 0.4) is 0 Å². The number of fused-ring (bicyclic) bond motifs is 1. The van der Waals surface area contributed by atoms with Crippen LogP contribution < -0.4 is 14.8 Å². The van der Waals surface area contributed by atoms with Gasteiger partial charge in [-0.25, -0.2) is 4.79 Å². The lowest BCUT2D eigenvalue weighted by Crippen LogP contribution is -2.37. The number of esters is 1. The lowest BCUT2D eigenvalue weighted by atomic mass is 10.2. The third-order valence-electron chi connectivity index (χ3n) is 3.09. The fraction of sp³-hybridized carbons (Fsp3) is 0.467. The van der Waals surface area contributed by atoms with Crippen molar-refractivity contribution in [1.29, 1.82) is 0 Å². The molecule has 1 N–H and O–H groups in total. The molecule has 1 aromatic rings. The van der Waals surface area contributed by atoms with Crippen molar-refractivity contribution < 1.29 is 28.5 Å². The maximum absolute atomic E-state index is 12.1. The van der Waals surface area contributed by atoms with E-state index in [-0.39, 0.29) is 10.6 Å². The van der Waals surface area contributed by atoms with Crippen molar-refractivity contribution in [3.8, 4) is 11.5 Å². The Morgan fingerprint density at radius 3 is 2.83 bits per heavy atom. The van der Waals surface area contributed by atoms with E-state index in [0.29, 0.717) is 37.9 Å². The Bertz CT molecular complexity index is 592. The molecule has 1 aromatic carbocycles. The Hall–Kier alpha value is -1.99. The minimum Gasteiger partial charge on any atom is -0.486 e. The number of nitrogens with one attached hydrogen (secondary N) is 1. The lowest BCUT2D eigenvalue weighted by molar-refractivity contribution is -0.129. The zero-order chi connectivity index (χ0) is 16.8. The van der Waals surface area contributed by atoms with Gasteiger partial charge in [-0.2, -0.15) is 0 Å². The van der Waals surface area contributed by atoms with Gasteiger partial charge >= 0.3 is 5.97 Å². The first kappa shape index (κ1) is 17.4. The molecule has 7 nitrogen and oxygen atoms in total. The molecule has 0 unspecified atom stereocenters. The third kappa shape index (κ3) is 4.49. The van der Waals surface area contributed by atoms with E-state index in [1.807, 2.05) is 0 Å². The smallest absolute Gasteiger partial charge is 0.339 e. The molecule has 126 valence electrons. The standard InChI is InChI=1S/C15H18ClNO6/c1-9(14(18)17-3-4-20-2)23-15(19)10-7-11(16)13-12(8-10)21-5-6-22-13/h7-9H,3-6H2,1-2H3,(H,17,18)/t9-/m0/s1. The van der Waals surface area contributed by atoms with Crippen molar-refractivity contribution in [3.05, 3.63) is 22.7 Å². The quantitative estimate of drug-likeness (QED) is 0.621. The summed E-state index contributed by atoms with van der Waals surface area (Å²) in [6.07, 6.45) is -0.939. The molecule has 0 saturated carbocycles. The van der Waals surface area contributed by atoms with Crippen molar-refractivity contribution in [3.63, 3.8) is 0 Å². The molecule has 23 heavy (non-hydrogen) atoms. The lowest BCUT2D eigenvalue weighted by Gasteiger charge is -2.20. The Morgan fingerprint density at radius 1 is 1.35 bits per heavy atom. The SMILES string of the molecule is COCCNC(=O)[C@H](C)OC(=O)c1cc(Cl)c2c(c1)OCCO2. The zero-order valence-electron chi connectivity index (χ0n) is 12.9. The molecule has 1 aliphatic rings. The second-order valence-electron chi connectivity index (χ2n) is 4.81. The summed E-state index contributed by atoms with van der Waals surface area (Å²) in [5, 5.41) is 2.85. The van der Waals surface area contributed by atoms with Gasteiger partial charge in [0, 0.05) is 13.7 Å². The van der Waals surface area contributed by atoms with Crippen LogP contribution >= 0.6 is 11.6 Å². The molecule has 0 aromatic heterocycles. The van der Waals surface area contributed by atoms with Crippen LogP contribution in [0.1, 0.15) is 17.3 Å². The minimum atomic E-state index is -0.939. The maximum Gasteiger partial charge on any atom is 0.339 e. The van der Waals surface area contributed by atoms with Gasteiger partial charge in [0.1, 0.15) is 13.2 Å². The summed E-state index contributed by atoms with van der Waals surface area (Å²) in [6.45, 7) is 2.98. The summed E-state index contributed by atoms with van der Waals surface area (Å²) >= 11 is 6.07. The fourth-order valence-corrected chi connectivity index (χ4v) is 2.20. The Labute approximate surface area is 138 Å². The van der Waals surface area contributed by atoms with Crippen LogP contribution in [0.5, 0.6) is 11.5 Å². The monoisotopic (exact) mass is 343 g/mol. The number of hydrogen-bond acceptors (Lipinski definition) is 6. The van der Waals surface area contributed by atoms with E-state index in [4.69, 9.17) is 30.5 Å². The van der Waals surface area contributed by atoms with E-state index < -0.39 is 18.0 Å². The predicted molar refractivity (Wildman–Crippen MR) is 82.2 cm³/mol. The third-order valence-corrected chi connectivity index (χ3v) is 3.37. The molecule has 0 fully saturated rings. The average molecular weight is 344 g/mol. The van der Waals surface area contributed by atoms with Gasteiger partial charge in [0.05, 0.1) is 17.2 Å². The topological polar surface area (TPSA) is 83.1 Å². The van der Waals surface area contributed by atoms with Crippen LogP contribution in [0.25, 0.3) is 0 Å². The van der Waals surface area contributed by atoms with E-state index in [9.17, 15) is 9.59 Å². The van der Waals surface area contributed by atoms with Gasteiger partial charge in [-0.05, 0) is 19.1 Å². The normalized spacial score (nSPS) is 14.0. The second-order valence-corrected chi connectivity index (χ2v) is 5.22. The molecule has 8 heteroatoms. The average Bonchev–Trinajstić information content (AvgIpc) is 2.54. The van der Waals surface area contributed by atoms with Crippen LogP contribution in [-0.2, 0) is 14.3 Å². The number of carbonyl (C=O) groups excluding carboxylic acids is 2. The largest absolute Gasteiger partial charge is 0.486 e. The number of carbonyl (C=O) groups is 2.